The molecular weight excluding hydrogens is 503 g/mol. The van der Waals surface area contributed by atoms with E-state index in [4.69, 9.17) is 27.9 Å². The number of ether oxygens (including phenoxy) is 1. The number of carbonyl (C=O) groups excluding carboxylic acids is 2. The largest absolute Gasteiger partial charge is 0.497 e. The molecule has 8 heteroatoms. The van der Waals surface area contributed by atoms with Gasteiger partial charge in [0.15, 0.2) is 0 Å². The Hall–Kier alpha value is -2.67. The van der Waals surface area contributed by atoms with Gasteiger partial charge in [0, 0.05) is 25.8 Å². The van der Waals surface area contributed by atoms with Crippen molar-refractivity contribution in [2.75, 3.05) is 19.9 Å². The molecule has 1 atom stereocenters. The number of hydrogen-bond acceptors (Lipinski definition) is 4. The number of thioether (sulfide) groups is 1. The van der Waals surface area contributed by atoms with E-state index in [1.165, 1.54) is 11.8 Å². The van der Waals surface area contributed by atoms with Crippen molar-refractivity contribution in [3.63, 3.8) is 0 Å². The van der Waals surface area contributed by atoms with Crippen LogP contribution in [0.2, 0.25) is 10.0 Å². The highest BCUT2D eigenvalue weighted by molar-refractivity contribution is 7.99. The Labute approximate surface area is 220 Å². The van der Waals surface area contributed by atoms with E-state index in [1.807, 2.05) is 60.7 Å². The molecule has 0 unspecified atom stereocenters. The monoisotopic (exact) mass is 530 g/mol. The summed E-state index contributed by atoms with van der Waals surface area (Å²) in [6, 6.07) is 22.0. The summed E-state index contributed by atoms with van der Waals surface area (Å²) in [5, 5.41) is 3.71. The van der Waals surface area contributed by atoms with Gasteiger partial charge < -0.3 is 15.0 Å². The van der Waals surface area contributed by atoms with Crippen LogP contribution in [0.1, 0.15) is 16.7 Å². The highest BCUT2D eigenvalue weighted by Gasteiger charge is 2.29. The first-order chi connectivity index (χ1) is 16.9. The molecule has 3 rings (SSSR count). The van der Waals surface area contributed by atoms with E-state index in [9.17, 15) is 9.59 Å². The molecular formula is C27H28Cl2N2O3S. The van der Waals surface area contributed by atoms with Crippen LogP contribution in [0, 0.1) is 0 Å². The lowest BCUT2D eigenvalue weighted by atomic mass is 10.0. The number of amides is 2. The zero-order chi connectivity index (χ0) is 25.2. The van der Waals surface area contributed by atoms with E-state index in [0.29, 0.717) is 28.0 Å². The number of benzene rings is 3. The fraction of sp³-hybridized carbons (Fsp3) is 0.259. The molecule has 0 aliphatic rings. The summed E-state index contributed by atoms with van der Waals surface area (Å²) in [7, 11) is 3.19. The topological polar surface area (TPSA) is 58.6 Å². The summed E-state index contributed by atoms with van der Waals surface area (Å²) in [5.41, 5.74) is 2.84. The van der Waals surface area contributed by atoms with Gasteiger partial charge in [-0.25, -0.2) is 0 Å². The van der Waals surface area contributed by atoms with Gasteiger partial charge in [-0.15, -0.1) is 11.8 Å². The first-order valence-corrected chi connectivity index (χ1v) is 13.0. The van der Waals surface area contributed by atoms with Crippen molar-refractivity contribution in [1.82, 2.24) is 10.2 Å². The molecule has 0 bridgehead atoms. The van der Waals surface area contributed by atoms with Gasteiger partial charge in [-0.1, -0.05) is 71.7 Å². The molecule has 35 heavy (non-hydrogen) atoms. The fourth-order valence-electron chi connectivity index (χ4n) is 3.66. The van der Waals surface area contributed by atoms with Crippen LogP contribution in [-0.4, -0.2) is 42.7 Å². The number of nitrogens with one attached hydrogen (secondary N) is 1. The van der Waals surface area contributed by atoms with Crippen molar-refractivity contribution in [2.45, 2.75) is 24.8 Å². The number of nitrogens with zero attached hydrogens (tertiary/aromatic N) is 1. The summed E-state index contributed by atoms with van der Waals surface area (Å²) >= 11 is 13.6. The molecule has 184 valence electrons. The maximum Gasteiger partial charge on any atom is 0.242 e. The minimum atomic E-state index is -0.660. The van der Waals surface area contributed by atoms with Crippen LogP contribution in [0.15, 0.2) is 72.8 Å². The Morgan fingerprint density at radius 2 is 1.69 bits per heavy atom. The Kier molecular flexibility index (Phi) is 10.3. The summed E-state index contributed by atoms with van der Waals surface area (Å²) in [5.74, 6) is 1.18. The number of rotatable bonds is 11. The lowest BCUT2D eigenvalue weighted by Gasteiger charge is -2.31. The van der Waals surface area contributed by atoms with Gasteiger partial charge in [0.25, 0.3) is 0 Å². The smallest absolute Gasteiger partial charge is 0.242 e. The van der Waals surface area contributed by atoms with E-state index in [-0.39, 0.29) is 24.1 Å². The highest BCUT2D eigenvalue weighted by atomic mass is 35.5. The molecule has 0 spiro atoms. The van der Waals surface area contributed by atoms with Gasteiger partial charge in [0.05, 0.1) is 22.9 Å². The van der Waals surface area contributed by atoms with E-state index < -0.39 is 6.04 Å². The quantitative estimate of drug-likeness (QED) is 0.349. The van der Waals surface area contributed by atoms with Crippen molar-refractivity contribution in [1.29, 1.82) is 0 Å². The summed E-state index contributed by atoms with van der Waals surface area (Å²) < 4.78 is 5.35. The van der Waals surface area contributed by atoms with Gasteiger partial charge in [0.1, 0.15) is 11.8 Å². The molecule has 0 aromatic heterocycles. The van der Waals surface area contributed by atoms with E-state index in [0.717, 1.165) is 16.7 Å². The van der Waals surface area contributed by atoms with E-state index >= 15 is 0 Å². The predicted octanol–water partition coefficient (Wildman–Crippen LogP) is 5.62. The molecule has 1 N–H and O–H groups in total. The van der Waals surface area contributed by atoms with Crippen LogP contribution >= 0.6 is 35.0 Å². The highest BCUT2D eigenvalue weighted by Crippen LogP contribution is 2.25. The minimum absolute atomic E-state index is 0.123. The fourth-order valence-corrected chi connectivity index (χ4v) is 4.84. The van der Waals surface area contributed by atoms with E-state index in [1.54, 1.807) is 31.2 Å². The second-order valence-corrected chi connectivity index (χ2v) is 9.73. The van der Waals surface area contributed by atoms with Crippen molar-refractivity contribution < 1.29 is 14.3 Å². The molecule has 0 saturated heterocycles. The molecule has 0 radical (unpaired) electrons. The second kappa shape index (κ2) is 13.4. The molecule has 3 aromatic carbocycles. The number of methoxy groups -OCH3 is 1. The predicted molar refractivity (Wildman–Crippen MR) is 144 cm³/mol. The van der Waals surface area contributed by atoms with Crippen LogP contribution in [0.5, 0.6) is 5.75 Å². The lowest BCUT2D eigenvalue weighted by Crippen LogP contribution is -2.50. The molecule has 0 aliphatic carbocycles. The lowest BCUT2D eigenvalue weighted by molar-refractivity contribution is -0.139. The zero-order valence-electron chi connectivity index (χ0n) is 19.7. The molecule has 0 saturated carbocycles. The van der Waals surface area contributed by atoms with Crippen LogP contribution < -0.4 is 10.1 Å². The molecule has 0 fully saturated rings. The number of hydrogen-bond donors (Lipinski definition) is 1. The van der Waals surface area contributed by atoms with Crippen LogP contribution in [0.4, 0.5) is 0 Å². The molecule has 3 aromatic rings. The van der Waals surface area contributed by atoms with Gasteiger partial charge in [-0.05, 0) is 41.0 Å². The SMILES string of the molecule is CNC(=O)[C@@H](Cc1ccccc1)N(Cc1cccc(OC)c1)C(=O)CSCc1ccc(Cl)c(Cl)c1. The maximum atomic E-state index is 13.5. The van der Waals surface area contributed by atoms with Gasteiger partial charge in [-0.2, -0.15) is 0 Å². The first kappa shape index (κ1) is 26.9. The molecule has 0 heterocycles. The van der Waals surface area contributed by atoms with Gasteiger partial charge in [-0.3, -0.25) is 9.59 Å². The third kappa shape index (κ3) is 7.92. The van der Waals surface area contributed by atoms with Crippen molar-refractivity contribution in [3.8, 4) is 5.75 Å². The maximum absolute atomic E-state index is 13.5. The van der Waals surface area contributed by atoms with Crippen molar-refractivity contribution >= 4 is 46.8 Å². The van der Waals surface area contributed by atoms with E-state index in [2.05, 4.69) is 5.32 Å². The Morgan fingerprint density at radius 1 is 0.943 bits per heavy atom. The van der Waals surface area contributed by atoms with Crippen LogP contribution in [-0.2, 0) is 28.3 Å². The van der Waals surface area contributed by atoms with Gasteiger partial charge in [0.2, 0.25) is 11.8 Å². The van der Waals surface area contributed by atoms with Crippen LogP contribution in [0.25, 0.3) is 0 Å². The summed E-state index contributed by atoms with van der Waals surface area (Å²) in [4.78, 5) is 28.1. The van der Waals surface area contributed by atoms with Crippen molar-refractivity contribution in [2.24, 2.45) is 0 Å². The number of halogens is 2. The number of likely N-dealkylation sites (N-methyl/N-ethyl adjacent to an activating group) is 1. The third-order valence-corrected chi connectivity index (χ3v) is 7.21. The molecule has 2 amide bonds. The second-order valence-electron chi connectivity index (χ2n) is 7.93. The Bertz CT molecular complexity index is 1140. The minimum Gasteiger partial charge on any atom is -0.497 e. The Balaban J connectivity index is 1.82. The number of carbonyl (C=O) groups is 2. The standard InChI is InChI=1S/C27H28Cl2N2O3S/c1-30-27(33)25(15-19-7-4-3-5-8-19)31(16-20-9-6-10-22(13-20)34-2)26(32)18-35-17-21-11-12-23(28)24(29)14-21/h3-14,25H,15-18H2,1-2H3,(H,30,33)/t25-/m1/s1. The molecule has 0 aliphatic heterocycles. The Morgan fingerprint density at radius 3 is 2.37 bits per heavy atom. The van der Waals surface area contributed by atoms with Crippen LogP contribution in [0.3, 0.4) is 0 Å². The summed E-state index contributed by atoms with van der Waals surface area (Å²) in [6.45, 7) is 0.286. The molecule has 5 nitrogen and oxygen atoms in total. The summed E-state index contributed by atoms with van der Waals surface area (Å²) in [6.07, 6.45) is 0.410. The first-order valence-electron chi connectivity index (χ1n) is 11.1. The third-order valence-electron chi connectivity index (χ3n) is 5.48. The van der Waals surface area contributed by atoms with Crippen molar-refractivity contribution in [3.05, 3.63) is 99.5 Å². The average Bonchev–Trinajstić information content (AvgIpc) is 2.88. The normalized spacial score (nSPS) is 11.5. The zero-order valence-corrected chi connectivity index (χ0v) is 22.0. The average molecular weight is 532 g/mol. The van der Waals surface area contributed by atoms with Gasteiger partial charge >= 0.3 is 0 Å².